The number of urea groups is 1. The molecule has 5 N–H and O–H groups in total. The highest BCUT2D eigenvalue weighted by atomic mass is 16.2. The lowest BCUT2D eigenvalue weighted by atomic mass is 10.00. The lowest BCUT2D eigenvalue weighted by Gasteiger charge is -2.22. The molecule has 1 saturated heterocycles. The number of piperidine rings is 1. The Bertz CT molecular complexity index is 168. The molecule has 82 valence electrons. The molecule has 0 aromatic rings. The fourth-order valence-electron chi connectivity index (χ4n) is 1.58. The third kappa shape index (κ3) is 4.43. The summed E-state index contributed by atoms with van der Waals surface area (Å²) in [5, 5.41) is 8.83. The summed E-state index contributed by atoms with van der Waals surface area (Å²) in [6.45, 7) is 3.89. The minimum Gasteiger partial charge on any atom is -0.338 e. The van der Waals surface area contributed by atoms with E-state index in [2.05, 4.69) is 16.0 Å². The molecule has 1 aliphatic heterocycles. The Kier molecular flexibility index (Phi) is 5.32. The van der Waals surface area contributed by atoms with E-state index in [0.29, 0.717) is 19.0 Å². The fourth-order valence-corrected chi connectivity index (χ4v) is 1.58. The van der Waals surface area contributed by atoms with Crippen LogP contribution in [0.5, 0.6) is 0 Å². The standard InChI is InChI=1S/C9H20N4O/c10-3-5-12-9(14)13-7-8-2-1-4-11-6-8/h8,11H,1-7,10H2,(H2,12,13,14). The van der Waals surface area contributed by atoms with E-state index in [-0.39, 0.29) is 6.03 Å². The summed E-state index contributed by atoms with van der Waals surface area (Å²) in [4.78, 5) is 11.1. The summed E-state index contributed by atoms with van der Waals surface area (Å²) in [6, 6.07) is -0.110. The number of rotatable bonds is 4. The second-order valence-electron chi connectivity index (χ2n) is 3.64. The predicted molar refractivity (Wildman–Crippen MR) is 56.0 cm³/mol. The Morgan fingerprint density at radius 2 is 2.36 bits per heavy atom. The molecule has 0 aromatic carbocycles. The van der Waals surface area contributed by atoms with E-state index in [0.717, 1.165) is 19.6 Å². The molecule has 0 saturated carbocycles. The molecule has 0 aliphatic carbocycles. The maximum absolute atomic E-state index is 11.1. The van der Waals surface area contributed by atoms with Crippen LogP contribution in [0.4, 0.5) is 4.79 Å². The van der Waals surface area contributed by atoms with Gasteiger partial charge in [-0.25, -0.2) is 4.79 Å². The van der Waals surface area contributed by atoms with Gasteiger partial charge in [-0.3, -0.25) is 0 Å². The van der Waals surface area contributed by atoms with Crippen molar-refractivity contribution in [2.75, 3.05) is 32.7 Å². The van der Waals surface area contributed by atoms with Crippen molar-refractivity contribution in [1.82, 2.24) is 16.0 Å². The first-order valence-electron chi connectivity index (χ1n) is 5.25. The Morgan fingerprint density at radius 3 is 3.00 bits per heavy atom. The molecule has 1 unspecified atom stereocenters. The molecule has 0 aromatic heterocycles. The minimum absolute atomic E-state index is 0.110. The average Bonchev–Trinajstić information content (AvgIpc) is 2.25. The second kappa shape index (κ2) is 6.62. The summed E-state index contributed by atoms with van der Waals surface area (Å²) in [5.41, 5.74) is 5.26. The van der Waals surface area contributed by atoms with Crippen molar-refractivity contribution in [2.24, 2.45) is 11.7 Å². The van der Waals surface area contributed by atoms with E-state index >= 15 is 0 Å². The minimum atomic E-state index is -0.110. The lowest BCUT2D eigenvalue weighted by Crippen LogP contribution is -2.43. The molecule has 1 rings (SSSR count). The third-order valence-corrected chi connectivity index (χ3v) is 2.38. The number of hydrogen-bond acceptors (Lipinski definition) is 3. The zero-order chi connectivity index (χ0) is 10.2. The number of carbonyl (C=O) groups excluding carboxylic acids is 1. The highest BCUT2D eigenvalue weighted by Gasteiger charge is 2.13. The van der Waals surface area contributed by atoms with Crippen molar-refractivity contribution < 1.29 is 4.79 Å². The van der Waals surface area contributed by atoms with Crippen LogP contribution < -0.4 is 21.7 Å². The Morgan fingerprint density at radius 1 is 1.50 bits per heavy atom. The van der Waals surface area contributed by atoms with Crippen LogP contribution >= 0.6 is 0 Å². The van der Waals surface area contributed by atoms with Gasteiger partial charge < -0.3 is 21.7 Å². The fraction of sp³-hybridized carbons (Fsp3) is 0.889. The van der Waals surface area contributed by atoms with E-state index in [1.165, 1.54) is 12.8 Å². The predicted octanol–water partition coefficient (Wildman–Crippen LogP) is -0.756. The second-order valence-corrected chi connectivity index (χ2v) is 3.64. The molecule has 1 atom stereocenters. The zero-order valence-corrected chi connectivity index (χ0v) is 8.51. The molecular weight excluding hydrogens is 180 g/mol. The Hall–Kier alpha value is -0.810. The highest BCUT2D eigenvalue weighted by Crippen LogP contribution is 2.07. The SMILES string of the molecule is NCCNC(=O)NCC1CCCNC1. The first kappa shape index (κ1) is 11.3. The summed E-state index contributed by atoms with van der Waals surface area (Å²) in [5.74, 6) is 0.576. The van der Waals surface area contributed by atoms with Gasteiger partial charge >= 0.3 is 6.03 Å². The lowest BCUT2D eigenvalue weighted by molar-refractivity contribution is 0.237. The zero-order valence-electron chi connectivity index (χ0n) is 8.51. The van der Waals surface area contributed by atoms with E-state index in [1.54, 1.807) is 0 Å². The molecule has 1 heterocycles. The summed E-state index contributed by atoms with van der Waals surface area (Å²) >= 11 is 0. The van der Waals surface area contributed by atoms with Gasteiger partial charge in [-0.1, -0.05) is 0 Å². The van der Waals surface area contributed by atoms with E-state index < -0.39 is 0 Å². The van der Waals surface area contributed by atoms with Crippen molar-refractivity contribution in [2.45, 2.75) is 12.8 Å². The monoisotopic (exact) mass is 200 g/mol. The van der Waals surface area contributed by atoms with Crippen molar-refractivity contribution in [1.29, 1.82) is 0 Å². The van der Waals surface area contributed by atoms with Crippen LogP contribution in [-0.4, -0.2) is 38.8 Å². The third-order valence-electron chi connectivity index (χ3n) is 2.38. The Labute approximate surface area is 84.8 Å². The molecule has 1 fully saturated rings. The molecule has 2 amide bonds. The average molecular weight is 200 g/mol. The first-order valence-corrected chi connectivity index (χ1v) is 5.25. The highest BCUT2D eigenvalue weighted by molar-refractivity contribution is 5.73. The Balaban J connectivity index is 2.03. The van der Waals surface area contributed by atoms with Gasteiger partial charge in [0, 0.05) is 19.6 Å². The normalized spacial score (nSPS) is 21.6. The number of amides is 2. The van der Waals surface area contributed by atoms with Gasteiger partial charge in [0.2, 0.25) is 0 Å². The topological polar surface area (TPSA) is 79.2 Å². The van der Waals surface area contributed by atoms with E-state index in [4.69, 9.17) is 5.73 Å². The number of hydrogen-bond donors (Lipinski definition) is 4. The maximum Gasteiger partial charge on any atom is 0.314 e. The van der Waals surface area contributed by atoms with Crippen molar-refractivity contribution in [3.63, 3.8) is 0 Å². The van der Waals surface area contributed by atoms with Crippen LogP contribution in [0.1, 0.15) is 12.8 Å². The van der Waals surface area contributed by atoms with Gasteiger partial charge in [-0.2, -0.15) is 0 Å². The van der Waals surface area contributed by atoms with Crippen LogP contribution in [-0.2, 0) is 0 Å². The first-order chi connectivity index (χ1) is 6.83. The van der Waals surface area contributed by atoms with Crippen LogP contribution in [0.15, 0.2) is 0 Å². The molecule has 1 aliphatic rings. The molecule has 0 radical (unpaired) electrons. The smallest absolute Gasteiger partial charge is 0.314 e. The van der Waals surface area contributed by atoms with Crippen molar-refractivity contribution in [3.8, 4) is 0 Å². The molecule has 0 bridgehead atoms. The number of nitrogens with two attached hydrogens (primary N) is 1. The van der Waals surface area contributed by atoms with E-state index in [9.17, 15) is 4.79 Å². The molecule has 14 heavy (non-hydrogen) atoms. The van der Waals surface area contributed by atoms with Crippen LogP contribution in [0.2, 0.25) is 0 Å². The summed E-state index contributed by atoms with van der Waals surface area (Å²) < 4.78 is 0. The van der Waals surface area contributed by atoms with Crippen molar-refractivity contribution >= 4 is 6.03 Å². The van der Waals surface area contributed by atoms with Crippen LogP contribution in [0.25, 0.3) is 0 Å². The van der Waals surface area contributed by atoms with Gasteiger partial charge in [0.25, 0.3) is 0 Å². The van der Waals surface area contributed by atoms with Gasteiger partial charge in [-0.15, -0.1) is 0 Å². The maximum atomic E-state index is 11.1. The van der Waals surface area contributed by atoms with Gasteiger partial charge in [0.15, 0.2) is 0 Å². The van der Waals surface area contributed by atoms with Crippen LogP contribution in [0, 0.1) is 5.92 Å². The summed E-state index contributed by atoms with van der Waals surface area (Å²) in [6.07, 6.45) is 2.40. The molecule has 5 nitrogen and oxygen atoms in total. The van der Waals surface area contributed by atoms with Gasteiger partial charge in [0.05, 0.1) is 0 Å². The van der Waals surface area contributed by atoms with Gasteiger partial charge in [-0.05, 0) is 31.8 Å². The number of carbonyl (C=O) groups is 1. The van der Waals surface area contributed by atoms with Crippen molar-refractivity contribution in [3.05, 3.63) is 0 Å². The van der Waals surface area contributed by atoms with Crippen LogP contribution in [0.3, 0.4) is 0 Å². The number of nitrogens with one attached hydrogen (secondary N) is 3. The quantitative estimate of drug-likeness (QED) is 0.482. The molecule has 0 spiro atoms. The molecule has 5 heteroatoms. The van der Waals surface area contributed by atoms with E-state index in [1.807, 2.05) is 0 Å². The summed E-state index contributed by atoms with van der Waals surface area (Å²) in [7, 11) is 0. The molecular formula is C9H20N4O. The largest absolute Gasteiger partial charge is 0.338 e. The van der Waals surface area contributed by atoms with Gasteiger partial charge in [0.1, 0.15) is 0 Å².